The highest BCUT2D eigenvalue weighted by molar-refractivity contribution is 7.21. The van der Waals surface area contributed by atoms with Crippen molar-refractivity contribution in [2.75, 3.05) is 29.6 Å². The summed E-state index contributed by atoms with van der Waals surface area (Å²) in [6.45, 7) is 2.39. The maximum atomic E-state index is 14.5. The Labute approximate surface area is 223 Å². The van der Waals surface area contributed by atoms with Crippen molar-refractivity contribution in [2.24, 2.45) is 5.73 Å². The highest BCUT2D eigenvalue weighted by atomic mass is 32.1. The normalized spacial score (nSPS) is 16.6. The number of aliphatic hydroxyl groups excluding tert-OH is 1. The monoisotopic (exact) mass is 530 g/mol. The number of rotatable bonds is 6. The van der Waals surface area contributed by atoms with Gasteiger partial charge in [-0.1, -0.05) is 18.2 Å². The lowest BCUT2D eigenvalue weighted by molar-refractivity contribution is 0.0287. The third-order valence-corrected chi connectivity index (χ3v) is 8.30. The van der Waals surface area contributed by atoms with Crippen LogP contribution in [-0.4, -0.2) is 47.4 Å². The van der Waals surface area contributed by atoms with Crippen LogP contribution in [0.3, 0.4) is 0 Å². The molecule has 0 radical (unpaired) electrons. The predicted molar refractivity (Wildman–Crippen MR) is 146 cm³/mol. The number of thiophene rings is 1. The standard InChI is InChI=1S/C28H26N4O5S/c1-17-15-19(37-18-5-3-2-4-6-18)7-8-20(17)31-21-9-12-30-26-22(21)23(24(38-26)25(29)34)32(27(31)35)28(16-33)10-13-36-14-11-28/h2-9,12,15,33H,10-11,13-14,16H2,1H3,(H2,29,34). The van der Waals surface area contributed by atoms with Crippen molar-refractivity contribution < 1.29 is 24.2 Å². The second-order valence-electron chi connectivity index (χ2n) is 9.47. The molecule has 2 aliphatic rings. The van der Waals surface area contributed by atoms with E-state index >= 15 is 0 Å². The average Bonchev–Trinajstić information content (AvgIpc) is 3.31. The second kappa shape index (κ2) is 9.39. The first-order valence-electron chi connectivity index (χ1n) is 12.3. The van der Waals surface area contributed by atoms with Crippen LogP contribution in [0.2, 0.25) is 0 Å². The molecule has 0 saturated carbocycles. The van der Waals surface area contributed by atoms with Gasteiger partial charge in [0.05, 0.1) is 34.6 Å². The van der Waals surface area contributed by atoms with Gasteiger partial charge in [0, 0.05) is 19.4 Å². The van der Waals surface area contributed by atoms with E-state index in [0.717, 1.165) is 16.9 Å². The number of aliphatic hydroxyl groups is 1. The van der Waals surface area contributed by atoms with E-state index in [9.17, 15) is 14.7 Å². The molecule has 0 atom stereocenters. The largest absolute Gasteiger partial charge is 0.457 e. The molecule has 1 saturated heterocycles. The van der Waals surface area contributed by atoms with Crippen LogP contribution < -0.4 is 20.3 Å². The minimum atomic E-state index is -0.955. The van der Waals surface area contributed by atoms with E-state index in [2.05, 4.69) is 4.98 Å². The number of para-hydroxylation sites is 1. The van der Waals surface area contributed by atoms with Crippen LogP contribution >= 0.6 is 11.3 Å². The van der Waals surface area contributed by atoms with Gasteiger partial charge in [-0.05, 0) is 61.7 Å². The second-order valence-corrected chi connectivity index (χ2v) is 10.5. The van der Waals surface area contributed by atoms with Crippen LogP contribution in [0.25, 0.3) is 10.2 Å². The topological polar surface area (TPSA) is 118 Å². The summed E-state index contributed by atoms with van der Waals surface area (Å²) in [4.78, 5) is 35.6. The van der Waals surface area contributed by atoms with E-state index in [1.807, 2.05) is 55.5 Å². The number of ether oxygens (including phenoxy) is 2. The highest BCUT2D eigenvalue weighted by Gasteiger charge is 2.49. The Morgan fingerprint density at radius 2 is 1.89 bits per heavy atom. The van der Waals surface area contributed by atoms with Gasteiger partial charge in [-0.25, -0.2) is 9.78 Å². The summed E-state index contributed by atoms with van der Waals surface area (Å²) in [5.41, 5.74) is 7.33. The molecule has 2 aromatic carbocycles. The molecule has 3 N–H and O–H groups in total. The fourth-order valence-electron chi connectivity index (χ4n) is 5.30. The van der Waals surface area contributed by atoms with Crippen LogP contribution in [0, 0.1) is 6.92 Å². The van der Waals surface area contributed by atoms with Crippen LogP contribution in [-0.2, 0) is 4.74 Å². The lowest BCUT2D eigenvalue weighted by Gasteiger charge is -2.48. The Bertz CT molecular complexity index is 1550. The Morgan fingerprint density at radius 3 is 2.58 bits per heavy atom. The molecule has 1 fully saturated rings. The number of pyridine rings is 1. The van der Waals surface area contributed by atoms with Gasteiger partial charge in [-0.3, -0.25) is 14.6 Å². The Hall–Kier alpha value is -3.99. The molecule has 3 amide bonds. The lowest BCUT2D eigenvalue weighted by atomic mass is 9.87. The van der Waals surface area contributed by atoms with Crippen LogP contribution in [0.15, 0.2) is 60.8 Å². The number of aromatic nitrogens is 1. The number of nitrogens with two attached hydrogens (primary N) is 1. The maximum absolute atomic E-state index is 14.5. The number of aryl methyl sites for hydroxylation is 1. The SMILES string of the molecule is Cc1cc(Oc2ccccc2)ccc1N1C(=O)N(C2(CO)CCOCC2)c2c(C(N)=O)sc3nccc1c23. The first kappa shape index (κ1) is 24.4. The summed E-state index contributed by atoms with van der Waals surface area (Å²) >= 11 is 1.16. The Balaban J connectivity index is 1.53. The molecule has 10 heteroatoms. The molecule has 9 nitrogen and oxygen atoms in total. The highest BCUT2D eigenvalue weighted by Crippen LogP contribution is 2.52. The summed E-state index contributed by atoms with van der Waals surface area (Å²) in [7, 11) is 0. The van der Waals surface area contributed by atoms with Gasteiger partial charge in [0.15, 0.2) is 0 Å². The molecular formula is C28H26N4O5S. The van der Waals surface area contributed by atoms with Gasteiger partial charge in [0.25, 0.3) is 5.91 Å². The minimum absolute atomic E-state index is 0.246. The molecule has 0 unspecified atom stereocenters. The Kier molecular flexibility index (Phi) is 6.02. The quantitative estimate of drug-likeness (QED) is 0.357. The third kappa shape index (κ3) is 3.80. The minimum Gasteiger partial charge on any atom is -0.457 e. The van der Waals surface area contributed by atoms with Crippen molar-refractivity contribution in [3.8, 4) is 11.5 Å². The maximum Gasteiger partial charge on any atom is 0.334 e. The van der Waals surface area contributed by atoms with E-state index in [4.69, 9.17) is 15.2 Å². The van der Waals surface area contributed by atoms with E-state index < -0.39 is 11.4 Å². The number of amides is 3. The average molecular weight is 531 g/mol. The molecule has 0 aliphatic carbocycles. The van der Waals surface area contributed by atoms with Gasteiger partial charge >= 0.3 is 6.03 Å². The smallest absolute Gasteiger partial charge is 0.334 e. The fourth-order valence-corrected chi connectivity index (χ4v) is 6.30. The number of primary amides is 1. The molecule has 194 valence electrons. The summed E-state index contributed by atoms with van der Waals surface area (Å²) < 4.78 is 11.6. The summed E-state index contributed by atoms with van der Waals surface area (Å²) in [6.07, 6.45) is 2.45. The summed E-state index contributed by atoms with van der Waals surface area (Å²) in [5.74, 6) is 0.711. The molecule has 2 aliphatic heterocycles. The van der Waals surface area contributed by atoms with Gasteiger partial charge in [-0.15, -0.1) is 11.3 Å². The van der Waals surface area contributed by atoms with E-state index in [1.165, 1.54) is 0 Å². The van der Waals surface area contributed by atoms with Gasteiger partial charge < -0.3 is 20.3 Å². The van der Waals surface area contributed by atoms with Gasteiger partial charge in [0.1, 0.15) is 21.2 Å². The number of carbonyl (C=O) groups is 2. The Morgan fingerprint density at radius 1 is 1.13 bits per heavy atom. The zero-order valence-corrected chi connectivity index (χ0v) is 21.5. The molecule has 4 aromatic rings. The molecule has 6 rings (SSSR count). The lowest BCUT2D eigenvalue weighted by Crippen LogP contribution is -2.61. The first-order valence-corrected chi connectivity index (χ1v) is 13.1. The van der Waals surface area contributed by atoms with E-state index in [-0.39, 0.29) is 17.5 Å². The number of carbonyl (C=O) groups excluding carboxylic acids is 2. The molecule has 4 heterocycles. The van der Waals surface area contributed by atoms with Crippen LogP contribution in [0.5, 0.6) is 11.5 Å². The number of hydrogen-bond acceptors (Lipinski definition) is 7. The van der Waals surface area contributed by atoms with E-state index in [0.29, 0.717) is 64.8 Å². The van der Waals surface area contributed by atoms with Crippen LogP contribution in [0.1, 0.15) is 28.1 Å². The number of urea groups is 1. The molecule has 38 heavy (non-hydrogen) atoms. The summed E-state index contributed by atoms with van der Waals surface area (Å²) in [5, 5.41) is 11.3. The molecular weight excluding hydrogens is 504 g/mol. The summed E-state index contributed by atoms with van der Waals surface area (Å²) in [6, 6.07) is 16.4. The number of nitrogens with zero attached hydrogens (tertiary/aromatic N) is 3. The van der Waals surface area contributed by atoms with Crippen LogP contribution in [0.4, 0.5) is 21.9 Å². The fraction of sp³-hybridized carbons (Fsp3) is 0.250. The van der Waals surface area contributed by atoms with E-state index in [1.54, 1.807) is 22.1 Å². The first-order chi connectivity index (χ1) is 18.4. The molecule has 0 bridgehead atoms. The third-order valence-electron chi connectivity index (χ3n) is 7.20. The van der Waals surface area contributed by atoms with Crippen molar-refractivity contribution >= 4 is 50.6 Å². The van der Waals surface area contributed by atoms with Crippen molar-refractivity contribution in [3.63, 3.8) is 0 Å². The number of hydrogen-bond donors (Lipinski definition) is 2. The number of anilines is 3. The molecule has 2 aromatic heterocycles. The van der Waals surface area contributed by atoms with Gasteiger partial charge in [0.2, 0.25) is 0 Å². The molecule has 0 spiro atoms. The van der Waals surface area contributed by atoms with Gasteiger partial charge in [-0.2, -0.15) is 0 Å². The zero-order chi connectivity index (χ0) is 26.4. The van der Waals surface area contributed by atoms with Crippen molar-refractivity contribution in [2.45, 2.75) is 25.3 Å². The number of benzene rings is 2. The predicted octanol–water partition coefficient (Wildman–Crippen LogP) is 5.12. The van der Waals surface area contributed by atoms with Crippen molar-refractivity contribution in [1.29, 1.82) is 0 Å². The zero-order valence-electron chi connectivity index (χ0n) is 20.7. The van der Waals surface area contributed by atoms with Crippen molar-refractivity contribution in [3.05, 3.63) is 71.2 Å². The van der Waals surface area contributed by atoms with Crippen molar-refractivity contribution in [1.82, 2.24) is 4.98 Å².